The number of nitrogens with one attached hydrogen (secondary N) is 1. The summed E-state index contributed by atoms with van der Waals surface area (Å²) in [5.74, 6) is 0.186. The summed E-state index contributed by atoms with van der Waals surface area (Å²) in [5.41, 5.74) is 1.14. The van der Waals surface area contributed by atoms with Gasteiger partial charge in [-0.2, -0.15) is 0 Å². The Kier molecular flexibility index (Phi) is 7.27. The summed E-state index contributed by atoms with van der Waals surface area (Å²) < 4.78 is 28.1. The van der Waals surface area contributed by atoms with Crippen molar-refractivity contribution in [3.63, 3.8) is 0 Å². The summed E-state index contributed by atoms with van der Waals surface area (Å²) in [6, 6.07) is 9.94. The predicted molar refractivity (Wildman–Crippen MR) is 126 cm³/mol. The Morgan fingerprint density at radius 1 is 1.16 bits per heavy atom. The molecule has 32 heavy (non-hydrogen) atoms. The number of piperidine rings is 1. The fraction of sp³-hybridized carbons (Fsp3) is 0.565. The number of hydrogen-bond donors (Lipinski definition) is 1. The zero-order valence-electron chi connectivity index (χ0n) is 18.2. The topological polar surface area (TPSA) is 86.8 Å². The summed E-state index contributed by atoms with van der Waals surface area (Å²) >= 11 is 1.66. The quantitative estimate of drug-likeness (QED) is 0.607. The molecule has 1 aromatic carbocycles. The van der Waals surface area contributed by atoms with Gasteiger partial charge in [-0.15, -0.1) is 11.8 Å². The summed E-state index contributed by atoms with van der Waals surface area (Å²) in [6.45, 7) is 5.52. The number of benzene rings is 1. The van der Waals surface area contributed by atoms with Crippen molar-refractivity contribution >= 4 is 33.6 Å². The number of hydrogen-bond acceptors (Lipinski definition) is 5. The van der Waals surface area contributed by atoms with Gasteiger partial charge in [0.1, 0.15) is 0 Å². The monoisotopic (exact) mass is 477 g/mol. The first-order valence-electron chi connectivity index (χ1n) is 11.3. The Morgan fingerprint density at radius 2 is 1.88 bits per heavy atom. The first-order valence-corrected chi connectivity index (χ1v) is 13.7. The molecule has 3 fully saturated rings. The van der Waals surface area contributed by atoms with E-state index in [-0.39, 0.29) is 28.4 Å². The number of carbonyl (C=O) groups is 2. The van der Waals surface area contributed by atoms with E-state index in [2.05, 4.69) is 11.9 Å². The van der Waals surface area contributed by atoms with Gasteiger partial charge >= 0.3 is 0 Å². The molecular weight excluding hydrogens is 446 g/mol. The van der Waals surface area contributed by atoms with E-state index < -0.39 is 15.3 Å². The lowest BCUT2D eigenvalue weighted by molar-refractivity contribution is -0.132. The minimum atomic E-state index is -3.37. The van der Waals surface area contributed by atoms with Crippen molar-refractivity contribution in [2.75, 3.05) is 26.2 Å². The molecule has 3 unspecified atom stereocenters. The molecule has 1 aromatic rings. The minimum absolute atomic E-state index is 0.0329. The first-order chi connectivity index (χ1) is 15.4. The van der Waals surface area contributed by atoms with Crippen LogP contribution in [0.1, 0.15) is 31.2 Å². The zero-order valence-corrected chi connectivity index (χ0v) is 19.8. The number of thioether (sulfide) groups is 1. The molecule has 3 atom stereocenters. The van der Waals surface area contributed by atoms with Gasteiger partial charge in [-0.05, 0) is 43.2 Å². The van der Waals surface area contributed by atoms with Gasteiger partial charge in [-0.1, -0.05) is 36.9 Å². The highest BCUT2D eigenvalue weighted by molar-refractivity contribution is 8.00. The van der Waals surface area contributed by atoms with Crippen LogP contribution in [0.25, 0.3) is 0 Å². The fourth-order valence-electron chi connectivity index (χ4n) is 4.91. The second-order valence-electron chi connectivity index (χ2n) is 8.80. The van der Waals surface area contributed by atoms with Crippen molar-refractivity contribution in [1.82, 2.24) is 14.5 Å². The lowest BCUT2D eigenvalue weighted by atomic mass is 10.1. The number of sulfonamides is 1. The molecule has 3 aliphatic rings. The van der Waals surface area contributed by atoms with E-state index in [1.165, 1.54) is 6.08 Å². The molecule has 0 saturated carbocycles. The Balaban J connectivity index is 1.24. The highest BCUT2D eigenvalue weighted by Gasteiger charge is 2.47. The zero-order chi connectivity index (χ0) is 22.7. The highest BCUT2D eigenvalue weighted by atomic mass is 32.2. The lowest BCUT2D eigenvalue weighted by Gasteiger charge is -2.34. The highest BCUT2D eigenvalue weighted by Crippen LogP contribution is 2.43. The molecule has 9 heteroatoms. The molecule has 0 spiro atoms. The van der Waals surface area contributed by atoms with Gasteiger partial charge in [0.2, 0.25) is 21.8 Å². The summed E-state index contributed by atoms with van der Waals surface area (Å²) in [7, 11) is -3.37. The van der Waals surface area contributed by atoms with Gasteiger partial charge in [0.05, 0.1) is 10.6 Å². The molecule has 3 saturated heterocycles. The lowest BCUT2D eigenvalue weighted by Crippen LogP contribution is -2.46. The number of likely N-dealkylation sites (tertiary alicyclic amines) is 1. The Labute approximate surface area is 194 Å². The van der Waals surface area contributed by atoms with Crippen LogP contribution < -0.4 is 5.32 Å². The maximum Gasteiger partial charge on any atom is 0.244 e. The molecule has 7 nitrogen and oxygen atoms in total. The molecular formula is C23H31N3O4S2. The summed E-state index contributed by atoms with van der Waals surface area (Å²) in [4.78, 5) is 25.9. The molecule has 2 amide bonds. The molecule has 3 aliphatic heterocycles. The second kappa shape index (κ2) is 9.97. The van der Waals surface area contributed by atoms with Gasteiger partial charge < -0.3 is 10.2 Å². The molecule has 174 valence electrons. The molecule has 0 radical (unpaired) electrons. The van der Waals surface area contributed by atoms with Gasteiger partial charge in [0.25, 0.3) is 0 Å². The van der Waals surface area contributed by atoms with Crippen molar-refractivity contribution in [1.29, 1.82) is 0 Å². The number of aryl methyl sites for hydroxylation is 1. The van der Waals surface area contributed by atoms with Crippen LogP contribution >= 0.6 is 11.8 Å². The number of fused-ring (bicyclic) bond motifs is 1. The van der Waals surface area contributed by atoms with Gasteiger partial charge in [0.15, 0.2) is 0 Å². The molecule has 1 N–H and O–H groups in total. The molecule has 0 bridgehead atoms. The Morgan fingerprint density at radius 3 is 2.53 bits per heavy atom. The van der Waals surface area contributed by atoms with Crippen molar-refractivity contribution in [3.8, 4) is 0 Å². The van der Waals surface area contributed by atoms with E-state index in [4.69, 9.17) is 0 Å². The van der Waals surface area contributed by atoms with Crippen LogP contribution in [0.15, 0.2) is 43.0 Å². The van der Waals surface area contributed by atoms with Crippen LogP contribution in [-0.2, 0) is 26.0 Å². The van der Waals surface area contributed by atoms with E-state index >= 15 is 0 Å². The maximum absolute atomic E-state index is 13.2. The fourth-order valence-corrected chi connectivity index (χ4v) is 8.65. The van der Waals surface area contributed by atoms with Crippen LogP contribution in [0, 0.1) is 5.92 Å². The minimum Gasteiger partial charge on any atom is -0.343 e. The Hall–Kier alpha value is -1.84. The first kappa shape index (κ1) is 23.3. The van der Waals surface area contributed by atoms with E-state index in [0.29, 0.717) is 51.9 Å². The SMILES string of the molecule is C=CC(=O)NC1CC2CN(S(=O)(=O)C3CCN(C(=O)CCc4ccccc4)CC3)CC2S1. The van der Waals surface area contributed by atoms with E-state index in [9.17, 15) is 18.0 Å². The van der Waals surface area contributed by atoms with Crippen molar-refractivity contribution in [2.45, 2.75) is 48.0 Å². The Bertz CT molecular complexity index is 931. The van der Waals surface area contributed by atoms with Crippen LogP contribution in [-0.4, -0.2) is 71.5 Å². The van der Waals surface area contributed by atoms with E-state index in [1.807, 2.05) is 35.2 Å². The predicted octanol–water partition coefficient (Wildman–Crippen LogP) is 2.01. The second-order valence-corrected chi connectivity index (χ2v) is 12.5. The summed E-state index contributed by atoms with van der Waals surface area (Å²) in [5, 5.41) is 2.75. The van der Waals surface area contributed by atoms with E-state index in [0.717, 1.165) is 12.0 Å². The number of nitrogens with zero attached hydrogens (tertiary/aromatic N) is 2. The standard InChI is InChI=1S/C23H31N3O4S2/c1-2-21(27)24-22-14-18-15-26(16-20(18)31-22)32(29,30)19-10-12-25(13-11-19)23(28)9-8-17-6-4-3-5-7-17/h2-7,18-20,22H,1,8-16H2,(H,24,27). The third-order valence-electron chi connectivity index (χ3n) is 6.74. The maximum atomic E-state index is 13.2. The number of carbonyl (C=O) groups excluding carboxylic acids is 2. The van der Waals surface area contributed by atoms with Gasteiger partial charge in [0, 0.05) is 37.8 Å². The third-order valence-corrected chi connectivity index (χ3v) is 10.6. The summed E-state index contributed by atoms with van der Waals surface area (Å²) in [6.07, 6.45) is 4.21. The normalized spacial score (nSPS) is 26.6. The van der Waals surface area contributed by atoms with E-state index in [1.54, 1.807) is 16.1 Å². The largest absolute Gasteiger partial charge is 0.343 e. The van der Waals surface area contributed by atoms with Crippen molar-refractivity contribution < 1.29 is 18.0 Å². The third kappa shape index (κ3) is 5.21. The van der Waals surface area contributed by atoms with Gasteiger partial charge in [-0.3, -0.25) is 9.59 Å². The van der Waals surface area contributed by atoms with Crippen molar-refractivity contribution in [2.24, 2.45) is 5.92 Å². The average molecular weight is 478 g/mol. The van der Waals surface area contributed by atoms with Crippen LogP contribution in [0.4, 0.5) is 0 Å². The molecule has 3 heterocycles. The average Bonchev–Trinajstić information content (AvgIpc) is 3.37. The molecule has 0 aromatic heterocycles. The molecule has 4 rings (SSSR count). The van der Waals surface area contributed by atoms with Crippen molar-refractivity contribution in [3.05, 3.63) is 48.6 Å². The van der Waals surface area contributed by atoms with Gasteiger partial charge in [-0.25, -0.2) is 12.7 Å². The van der Waals surface area contributed by atoms with Crippen LogP contribution in [0.5, 0.6) is 0 Å². The molecule has 0 aliphatic carbocycles. The smallest absolute Gasteiger partial charge is 0.244 e. The van der Waals surface area contributed by atoms with Crippen LogP contribution in [0.2, 0.25) is 0 Å². The van der Waals surface area contributed by atoms with Crippen LogP contribution in [0.3, 0.4) is 0 Å². The number of amides is 2. The number of rotatable bonds is 7.